The number of benzene rings is 2. The number of fused-ring (bicyclic) bond motifs is 1. The van der Waals surface area contributed by atoms with E-state index < -0.39 is 11.5 Å². The van der Waals surface area contributed by atoms with E-state index in [0.717, 1.165) is 11.1 Å². The molecule has 7 heteroatoms. The zero-order valence-corrected chi connectivity index (χ0v) is 16.8. The second-order valence-corrected chi connectivity index (χ2v) is 6.90. The first kappa shape index (κ1) is 19.3. The molecule has 0 aliphatic rings. The summed E-state index contributed by atoms with van der Waals surface area (Å²) >= 11 is 0. The van der Waals surface area contributed by atoms with E-state index in [2.05, 4.69) is 15.5 Å². The summed E-state index contributed by atoms with van der Waals surface area (Å²) in [6.07, 6.45) is 1.64. The van der Waals surface area contributed by atoms with Gasteiger partial charge in [0.25, 0.3) is 11.5 Å². The van der Waals surface area contributed by atoms with Gasteiger partial charge in [-0.3, -0.25) is 14.2 Å². The van der Waals surface area contributed by atoms with Crippen LogP contribution in [0.3, 0.4) is 0 Å². The molecule has 0 saturated carbocycles. The number of carbonyl (C=O) groups is 1. The van der Waals surface area contributed by atoms with E-state index in [0.29, 0.717) is 28.2 Å². The maximum atomic E-state index is 13.2. The minimum absolute atomic E-state index is 0.0687. The van der Waals surface area contributed by atoms with Crippen molar-refractivity contribution in [3.05, 3.63) is 88.0 Å². The third-order valence-corrected chi connectivity index (χ3v) is 4.87. The van der Waals surface area contributed by atoms with Gasteiger partial charge < -0.3 is 10.1 Å². The van der Waals surface area contributed by atoms with Crippen molar-refractivity contribution in [1.29, 1.82) is 0 Å². The van der Waals surface area contributed by atoms with Crippen molar-refractivity contribution in [1.82, 2.24) is 14.8 Å². The zero-order valence-electron chi connectivity index (χ0n) is 16.8. The second-order valence-electron chi connectivity index (χ2n) is 6.90. The minimum Gasteiger partial charge on any atom is -0.495 e. The van der Waals surface area contributed by atoms with Gasteiger partial charge >= 0.3 is 0 Å². The maximum Gasteiger partial charge on any atom is 0.268 e. The predicted octanol–water partition coefficient (Wildman–Crippen LogP) is 3.66. The Kier molecular flexibility index (Phi) is 5.02. The lowest BCUT2D eigenvalue weighted by Crippen LogP contribution is -2.29. The van der Waals surface area contributed by atoms with E-state index in [4.69, 9.17) is 4.74 Å². The molecule has 0 aliphatic carbocycles. The number of nitrogens with zero attached hydrogens (tertiary/aromatic N) is 3. The Balaban J connectivity index is 1.79. The van der Waals surface area contributed by atoms with Crippen LogP contribution < -0.4 is 15.6 Å². The van der Waals surface area contributed by atoms with E-state index in [-0.39, 0.29) is 5.56 Å². The van der Waals surface area contributed by atoms with Gasteiger partial charge in [0, 0.05) is 11.6 Å². The quantitative estimate of drug-likeness (QED) is 0.565. The summed E-state index contributed by atoms with van der Waals surface area (Å²) in [7, 11) is 1.54. The van der Waals surface area contributed by atoms with Crippen molar-refractivity contribution in [2.45, 2.75) is 13.8 Å². The van der Waals surface area contributed by atoms with Crippen LogP contribution in [-0.4, -0.2) is 27.8 Å². The number of rotatable bonds is 4. The Labute approximate surface area is 173 Å². The fraction of sp³-hybridized carbons (Fsp3) is 0.130. The first-order valence-corrected chi connectivity index (χ1v) is 9.39. The molecule has 150 valence electrons. The molecule has 0 bridgehead atoms. The van der Waals surface area contributed by atoms with Gasteiger partial charge in [0.1, 0.15) is 11.3 Å². The number of ether oxygens (including phenoxy) is 1. The van der Waals surface area contributed by atoms with Crippen molar-refractivity contribution in [2.75, 3.05) is 12.4 Å². The normalized spacial score (nSPS) is 10.8. The number of para-hydroxylation sites is 2. The number of hydrogen-bond acceptors (Lipinski definition) is 5. The standard InChI is InChI=1S/C23H20N4O3/c1-14-11-12-27(19-9-4-5-10-20(19)30-3)23(29)21(14)22(28)24-17-7-6-8-18-16(17)13-15(2)25-26-18/h4-13H,1-3H3,(H,24,28). The molecule has 30 heavy (non-hydrogen) atoms. The number of hydrogen-bond donors (Lipinski definition) is 1. The average Bonchev–Trinajstić information content (AvgIpc) is 2.74. The Morgan fingerprint density at radius 1 is 1.03 bits per heavy atom. The first-order chi connectivity index (χ1) is 14.5. The van der Waals surface area contributed by atoms with Gasteiger partial charge in [-0.05, 0) is 55.8 Å². The van der Waals surface area contributed by atoms with Crippen molar-refractivity contribution >= 4 is 22.5 Å². The van der Waals surface area contributed by atoms with Crippen LogP contribution in [0.1, 0.15) is 21.6 Å². The van der Waals surface area contributed by atoms with Crippen LogP contribution in [0, 0.1) is 13.8 Å². The van der Waals surface area contributed by atoms with Gasteiger partial charge in [0.15, 0.2) is 0 Å². The molecular formula is C23H20N4O3. The Morgan fingerprint density at radius 3 is 2.63 bits per heavy atom. The third-order valence-electron chi connectivity index (χ3n) is 4.87. The highest BCUT2D eigenvalue weighted by Gasteiger charge is 2.19. The van der Waals surface area contributed by atoms with Gasteiger partial charge in [-0.15, -0.1) is 0 Å². The van der Waals surface area contributed by atoms with Crippen LogP contribution in [-0.2, 0) is 0 Å². The lowest BCUT2D eigenvalue weighted by Gasteiger charge is -2.14. The fourth-order valence-electron chi connectivity index (χ4n) is 3.38. The fourth-order valence-corrected chi connectivity index (χ4v) is 3.38. The van der Waals surface area contributed by atoms with Gasteiger partial charge in [-0.25, -0.2) is 0 Å². The molecule has 2 heterocycles. The largest absolute Gasteiger partial charge is 0.495 e. The smallest absolute Gasteiger partial charge is 0.268 e. The Hall–Kier alpha value is -4.00. The number of anilines is 1. The highest BCUT2D eigenvalue weighted by Crippen LogP contribution is 2.24. The number of aromatic nitrogens is 3. The summed E-state index contributed by atoms with van der Waals surface area (Å²) in [5.74, 6) is 0.0571. The number of carbonyl (C=O) groups excluding carboxylic acids is 1. The number of amides is 1. The lowest BCUT2D eigenvalue weighted by atomic mass is 10.1. The van der Waals surface area contributed by atoms with Crippen LogP contribution in [0.2, 0.25) is 0 Å². The highest BCUT2D eigenvalue weighted by atomic mass is 16.5. The topological polar surface area (TPSA) is 86.1 Å². The number of nitrogens with one attached hydrogen (secondary N) is 1. The van der Waals surface area contributed by atoms with Crippen molar-refractivity contribution < 1.29 is 9.53 Å². The summed E-state index contributed by atoms with van der Waals surface area (Å²) in [5, 5.41) is 11.8. The summed E-state index contributed by atoms with van der Waals surface area (Å²) in [5.41, 5.74) is 2.76. The minimum atomic E-state index is -0.483. The van der Waals surface area contributed by atoms with E-state index in [1.54, 1.807) is 43.5 Å². The van der Waals surface area contributed by atoms with Crippen LogP contribution >= 0.6 is 0 Å². The molecule has 1 N–H and O–H groups in total. The molecule has 1 amide bonds. The Morgan fingerprint density at radius 2 is 1.83 bits per heavy atom. The van der Waals surface area contributed by atoms with E-state index in [1.165, 1.54) is 11.7 Å². The van der Waals surface area contributed by atoms with E-state index in [1.807, 2.05) is 31.2 Å². The molecule has 0 spiro atoms. The summed E-state index contributed by atoms with van der Waals surface area (Å²) in [6, 6.07) is 16.1. The molecule has 4 rings (SSSR count). The molecule has 0 atom stereocenters. The van der Waals surface area contributed by atoms with Gasteiger partial charge in [0.2, 0.25) is 0 Å². The van der Waals surface area contributed by atoms with Crippen LogP contribution in [0.4, 0.5) is 5.69 Å². The first-order valence-electron chi connectivity index (χ1n) is 9.39. The Bertz CT molecular complexity index is 1330. The monoisotopic (exact) mass is 400 g/mol. The van der Waals surface area contributed by atoms with Crippen molar-refractivity contribution in [2.24, 2.45) is 0 Å². The van der Waals surface area contributed by atoms with E-state index >= 15 is 0 Å². The molecule has 0 radical (unpaired) electrons. The van der Waals surface area contributed by atoms with Crippen molar-refractivity contribution in [3.8, 4) is 11.4 Å². The molecule has 0 saturated heterocycles. The lowest BCUT2D eigenvalue weighted by molar-refractivity contribution is 0.102. The maximum absolute atomic E-state index is 13.2. The summed E-state index contributed by atoms with van der Waals surface area (Å²) in [4.78, 5) is 26.4. The van der Waals surface area contributed by atoms with Crippen LogP contribution in [0.15, 0.2) is 65.6 Å². The molecular weight excluding hydrogens is 380 g/mol. The average molecular weight is 400 g/mol. The summed E-state index contributed by atoms with van der Waals surface area (Å²) in [6.45, 7) is 3.57. The second kappa shape index (κ2) is 7.79. The molecule has 2 aromatic carbocycles. The van der Waals surface area contributed by atoms with Gasteiger partial charge in [-0.1, -0.05) is 18.2 Å². The summed E-state index contributed by atoms with van der Waals surface area (Å²) < 4.78 is 6.78. The van der Waals surface area contributed by atoms with E-state index in [9.17, 15) is 9.59 Å². The molecule has 2 aromatic heterocycles. The third kappa shape index (κ3) is 3.41. The highest BCUT2D eigenvalue weighted by molar-refractivity contribution is 6.09. The van der Waals surface area contributed by atoms with Gasteiger partial charge in [0.05, 0.1) is 29.7 Å². The van der Waals surface area contributed by atoms with Crippen LogP contribution in [0.25, 0.3) is 16.6 Å². The number of aryl methyl sites for hydroxylation is 2. The van der Waals surface area contributed by atoms with Crippen molar-refractivity contribution in [3.63, 3.8) is 0 Å². The molecule has 0 aliphatic heterocycles. The number of pyridine rings is 1. The zero-order chi connectivity index (χ0) is 21.3. The van der Waals surface area contributed by atoms with Crippen LogP contribution in [0.5, 0.6) is 5.75 Å². The molecule has 0 unspecified atom stereocenters. The van der Waals surface area contributed by atoms with Gasteiger partial charge in [-0.2, -0.15) is 10.2 Å². The molecule has 0 fully saturated rings. The molecule has 7 nitrogen and oxygen atoms in total. The molecule has 4 aromatic rings. The number of methoxy groups -OCH3 is 1. The predicted molar refractivity (Wildman–Crippen MR) is 116 cm³/mol. The SMILES string of the molecule is COc1ccccc1-n1ccc(C)c(C(=O)Nc2cccc3nnc(C)cc23)c1=O.